The maximum absolute atomic E-state index is 10.7. The lowest BCUT2D eigenvalue weighted by Crippen LogP contribution is -2.38. The van der Waals surface area contributed by atoms with Crippen molar-refractivity contribution in [1.82, 2.24) is 24.2 Å². The van der Waals surface area contributed by atoms with Crippen LogP contribution in [0, 0.1) is 16.0 Å². The van der Waals surface area contributed by atoms with E-state index in [-0.39, 0.29) is 5.82 Å². The molecule has 3 heterocycles. The molecule has 0 saturated carbocycles. The minimum Gasteiger partial charge on any atom is -0.358 e. The van der Waals surface area contributed by atoms with Gasteiger partial charge in [-0.15, -0.1) is 0 Å². The zero-order chi connectivity index (χ0) is 16.2. The second-order valence-electron chi connectivity index (χ2n) is 6.16. The van der Waals surface area contributed by atoms with Gasteiger partial charge in [-0.3, -0.25) is 0 Å². The van der Waals surface area contributed by atoms with Gasteiger partial charge >= 0.3 is 5.82 Å². The molecule has 0 N–H and O–H groups in total. The van der Waals surface area contributed by atoms with E-state index in [0.717, 1.165) is 31.9 Å². The summed E-state index contributed by atoms with van der Waals surface area (Å²) in [5.74, 6) is 1.67. The van der Waals surface area contributed by atoms with E-state index in [4.69, 9.17) is 0 Å². The van der Waals surface area contributed by atoms with Crippen LogP contribution >= 0.6 is 0 Å². The molecule has 1 atom stereocenters. The Bertz CT molecular complexity index is 664. The molecule has 8 nitrogen and oxygen atoms in total. The number of hydrogen-bond donors (Lipinski definition) is 0. The van der Waals surface area contributed by atoms with Gasteiger partial charge in [0.25, 0.3) is 0 Å². The second kappa shape index (κ2) is 6.91. The summed E-state index contributed by atoms with van der Waals surface area (Å²) in [5.41, 5.74) is 0. The number of aromatic nitrogens is 4. The largest absolute Gasteiger partial charge is 0.389 e. The first-order chi connectivity index (χ1) is 11.1. The second-order valence-corrected chi connectivity index (χ2v) is 6.16. The van der Waals surface area contributed by atoms with Crippen molar-refractivity contribution in [1.29, 1.82) is 0 Å². The molecule has 0 spiro atoms. The Morgan fingerprint density at radius 1 is 1.39 bits per heavy atom. The Morgan fingerprint density at radius 2 is 2.26 bits per heavy atom. The summed E-state index contributed by atoms with van der Waals surface area (Å²) in [7, 11) is 2.04. The molecule has 1 aliphatic rings. The van der Waals surface area contributed by atoms with Crippen LogP contribution in [0.25, 0.3) is 0 Å². The highest BCUT2D eigenvalue weighted by atomic mass is 16.6. The average Bonchev–Trinajstić information content (AvgIpc) is 3.16. The number of aryl methyl sites for hydroxylation is 1. The standard InChI is InChI=1S/C15H22N6O2/c1-18-8-5-16-15(18)11-13-3-2-6-19(12-13)9-10-20-7-4-14(17-20)21(22)23/h4-5,7-8,13H,2-3,6,9-12H2,1H3. The van der Waals surface area contributed by atoms with Gasteiger partial charge in [-0.25, -0.2) is 4.98 Å². The molecule has 3 rings (SSSR count). The topological polar surface area (TPSA) is 82.0 Å². The van der Waals surface area contributed by atoms with Crippen molar-refractivity contribution in [3.63, 3.8) is 0 Å². The molecule has 2 aromatic heterocycles. The smallest absolute Gasteiger partial charge is 0.358 e. The van der Waals surface area contributed by atoms with Crippen molar-refractivity contribution in [3.8, 4) is 0 Å². The number of imidazole rings is 1. The molecule has 0 aromatic carbocycles. The summed E-state index contributed by atoms with van der Waals surface area (Å²) in [4.78, 5) is 17.0. The first-order valence-corrected chi connectivity index (χ1v) is 7.98. The Kier molecular flexibility index (Phi) is 4.71. The molecule has 1 saturated heterocycles. The third-order valence-electron chi connectivity index (χ3n) is 4.45. The van der Waals surface area contributed by atoms with E-state index >= 15 is 0 Å². The monoisotopic (exact) mass is 318 g/mol. The Hall–Kier alpha value is -2.22. The number of hydrogen-bond acceptors (Lipinski definition) is 5. The van der Waals surface area contributed by atoms with Gasteiger partial charge in [0.05, 0.1) is 23.9 Å². The highest BCUT2D eigenvalue weighted by Crippen LogP contribution is 2.20. The molecule has 0 bridgehead atoms. The normalized spacial score (nSPS) is 19.1. The summed E-state index contributed by atoms with van der Waals surface area (Å²) in [5, 5.41) is 14.6. The van der Waals surface area contributed by atoms with Crippen molar-refractivity contribution in [2.45, 2.75) is 25.8 Å². The number of rotatable bonds is 6. The van der Waals surface area contributed by atoms with Crippen LogP contribution in [0.2, 0.25) is 0 Å². The van der Waals surface area contributed by atoms with Crippen LogP contribution in [-0.4, -0.2) is 48.8 Å². The van der Waals surface area contributed by atoms with E-state index in [9.17, 15) is 10.1 Å². The minimum atomic E-state index is -0.458. The number of likely N-dealkylation sites (tertiary alicyclic amines) is 1. The van der Waals surface area contributed by atoms with Crippen molar-refractivity contribution < 1.29 is 4.92 Å². The number of piperidine rings is 1. The molecule has 0 radical (unpaired) electrons. The molecule has 0 aliphatic carbocycles. The predicted molar refractivity (Wildman–Crippen MR) is 85.0 cm³/mol. The molecule has 1 fully saturated rings. The van der Waals surface area contributed by atoms with Crippen LogP contribution in [0.1, 0.15) is 18.7 Å². The Balaban J connectivity index is 1.50. The maximum Gasteiger partial charge on any atom is 0.389 e. The third kappa shape index (κ3) is 3.95. The third-order valence-corrected chi connectivity index (χ3v) is 4.45. The molecule has 1 unspecified atom stereocenters. The van der Waals surface area contributed by atoms with Crippen LogP contribution in [0.5, 0.6) is 0 Å². The van der Waals surface area contributed by atoms with E-state index < -0.39 is 4.92 Å². The Labute approximate surface area is 134 Å². The fraction of sp³-hybridized carbons (Fsp3) is 0.600. The molecular weight excluding hydrogens is 296 g/mol. The first kappa shape index (κ1) is 15.7. The molecule has 124 valence electrons. The lowest BCUT2D eigenvalue weighted by molar-refractivity contribution is -0.389. The van der Waals surface area contributed by atoms with E-state index in [0.29, 0.717) is 12.5 Å². The van der Waals surface area contributed by atoms with Gasteiger partial charge in [0, 0.05) is 39.0 Å². The zero-order valence-electron chi connectivity index (χ0n) is 13.3. The van der Waals surface area contributed by atoms with Gasteiger partial charge in [0.1, 0.15) is 5.82 Å². The summed E-state index contributed by atoms with van der Waals surface area (Å²) in [6.07, 6.45) is 8.94. The van der Waals surface area contributed by atoms with Gasteiger partial charge in [0.2, 0.25) is 0 Å². The molecule has 8 heteroatoms. The van der Waals surface area contributed by atoms with Crippen LogP contribution in [0.3, 0.4) is 0 Å². The Morgan fingerprint density at radius 3 is 2.96 bits per heavy atom. The quantitative estimate of drug-likeness (QED) is 0.595. The van der Waals surface area contributed by atoms with Gasteiger partial charge in [0.15, 0.2) is 0 Å². The van der Waals surface area contributed by atoms with Crippen LogP contribution < -0.4 is 0 Å². The van der Waals surface area contributed by atoms with Crippen molar-refractivity contribution in [2.24, 2.45) is 13.0 Å². The van der Waals surface area contributed by atoms with E-state index in [1.807, 2.05) is 19.4 Å². The maximum atomic E-state index is 10.7. The lowest BCUT2D eigenvalue weighted by atomic mass is 9.94. The molecule has 23 heavy (non-hydrogen) atoms. The van der Waals surface area contributed by atoms with Crippen LogP contribution in [0.15, 0.2) is 24.7 Å². The van der Waals surface area contributed by atoms with Gasteiger partial charge in [-0.2, -0.15) is 4.68 Å². The summed E-state index contributed by atoms with van der Waals surface area (Å²) >= 11 is 0. The molecule has 2 aromatic rings. The van der Waals surface area contributed by atoms with Gasteiger partial charge < -0.3 is 19.6 Å². The predicted octanol–water partition coefficient (Wildman–Crippen LogP) is 1.48. The molecule has 1 aliphatic heterocycles. The zero-order valence-corrected chi connectivity index (χ0v) is 13.3. The SMILES string of the molecule is Cn1ccnc1CC1CCCN(CCn2ccc([N+](=O)[O-])n2)C1. The average molecular weight is 318 g/mol. The minimum absolute atomic E-state index is 0.0868. The lowest BCUT2D eigenvalue weighted by Gasteiger charge is -2.32. The van der Waals surface area contributed by atoms with E-state index in [2.05, 4.69) is 19.5 Å². The summed E-state index contributed by atoms with van der Waals surface area (Å²) < 4.78 is 3.74. The summed E-state index contributed by atoms with van der Waals surface area (Å²) in [6, 6.07) is 1.44. The van der Waals surface area contributed by atoms with Crippen molar-refractivity contribution >= 4 is 5.82 Å². The van der Waals surface area contributed by atoms with E-state index in [1.54, 1.807) is 10.9 Å². The van der Waals surface area contributed by atoms with Crippen molar-refractivity contribution in [3.05, 3.63) is 40.6 Å². The summed E-state index contributed by atoms with van der Waals surface area (Å²) in [6.45, 7) is 3.69. The van der Waals surface area contributed by atoms with Crippen LogP contribution in [-0.2, 0) is 20.0 Å². The van der Waals surface area contributed by atoms with Gasteiger partial charge in [-0.1, -0.05) is 0 Å². The number of nitro groups is 1. The van der Waals surface area contributed by atoms with Gasteiger partial charge in [-0.05, 0) is 30.2 Å². The highest BCUT2D eigenvalue weighted by molar-refractivity contribution is 5.13. The molecular formula is C15H22N6O2. The number of nitrogens with zero attached hydrogens (tertiary/aromatic N) is 6. The van der Waals surface area contributed by atoms with Crippen LogP contribution in [0.4, 0.5) is 5.82 Å². The molecule has 0 amide bonds. The van der Waals surface area contributed by atoms with Crippen molar-refractivity contribution in [2.75, 3.05) is 19.6 Å². The van der Waals surface area contributed by atoms with E-state index in [1.165, 1.54) is 18.9 Å². The first-order valence-electron chi connectivity index (χ1n) is 7.98. The fourth-order valence-electron chi connectivity index (χ4n) is 3.19. The highest BCUT2D eigenvalue weighted by Gasteiger charge is 2.21. The fourth-order valence-corrected chi connectivity index (χ4v) is 3.19.